The van der Waals surface area contributed by atoms with E-state index in [1.165, 1.54) is 13.8 Å². The highest BCUT2D eigenvalue weighted by Gasteiger charge is 2.52. The number of nitrogens with zero attached hydrogens (tertiary/aromatic N) is 2. The summed E-state index contributed by atoms with van der Waals surface area (Å²) in [6.45, 7) is 6.02. The van der Waals surface area contributed by atoms with Crippen molar-refractivity contribution < 1.29 is 95.3 Å². The summed E-state index contributed by atoms with van der Waals surface area (Å²) >= 11 is 0. The van der Waals surface area contributed by atoms with Crippen molar-refractivity contribution >= 4 is 74.8 Å². The van der Waals surface area contributed by atoms with Crippen LogP contribution >= 0.6 is 0 Å². The van der Waals surface area contributed by atoms with E-state index in [2.05, 4.69) is 21.3 Å². The van der Waals surface area contributed by atoms with Gasteiger partial charge in [-0.2, -0.15) is 0 Å². The van der Waals surface area contributed by atoms with Crippen LogP contribution in [-0.2, 0) is 76.9 Å². The summed E-state index contributed by atoms with van der Waals surface area (Å²) in [7, 11) is -4.93. The van der Waals surface area contributed by atoms with Crippen molar-refractivity contribution in [3.8, 4) is 0 Å². The molecule has 1 aliphatic rings. The highest BCUT2D eigenvalue weighted by molar-refractivity contribution is 7.89. The first-order valence-electron chi connectivity index (χ1n) is 20.0. The zero-order chi connectivity index (χ0) is 52.0. The van der Waals surface area contributed by atoms with Gasteiger partial charge in [0.15, 0.2) is 23.4 Å². The van der Waals surface area contributed by atoms with Gasteiger partial charge >= 0.3 is 23.9 Å². The van der Waals surface area contributed by atoms with E-state index in [0.29, 0.717) is 18.2 Å². The molecule has 0 saturated carbocycles. The van der Waals surface area contributed by atoms with E-state index in [1.807, 2.05) is 5.32 Å². The maximum absolute atomic E-state index is 14.1. The quantitative estimate of drug-likeness (QED) is 0.0216. The molecular weight excluding hydrogens is 941 g/mol. The van der Waals surface area contributed by atoms with Crippen LogP contribution in [0.1, 0.15) is 55.4 Å². The molecule has 1 aromatic carbocycles. The predicted molar refractivity (Wildman–Crippen MR) is 222 cm³/mol. The number of carbonyl (C=O) groups is 9. The van der Waals surface area contributed by atoms with Gasteiger partial charge in [0.2, 0.25) is 39.6 Å². The maximum Gasteiger partial charge on any atom is 0.325 e. The summed E-state index contributed by atoms with van der Waals surface area (Å²) in [4.78, 5) is 134. The summed E-state index contributed by atoms with van der Waals surface area (Å²) in [6, 6.07) is -7.10. The number of aliphatic hydroxyl groups excluding tert-OH is 1. The van der Waals surface area contributed by atoms with Crippen molar-refractivity contribution in [3.63, 3.8) is 0 Å². The molecule has 10 atom stereocenters. The fraction of sp³-hybridized carbons (Fsp3) is 0.595. The molecule has 8 N–H and O–H groups in total. The molecule has 1 fully saturated rings. The van der Waals surface area contributed by atoms with Crippen LogP contribution in [-0.4, -0.2) is 163 Å². The highest BCUT2D eigenvalue weighted by Crippen LogP contribution is 2.30. The lowest BCUT2D eigenvalue weighted by Gasteiger charge is -2.46. The van der Waals surface area contributed by atoms with E-state index >= 15 is 0 Å². The molecule has 30 nitrogen and oxygen atoms in total. The Morgan fingerprint density at radius 3 is 1.88 bits per heavy atom. The molecule has 1 heterocycles. The third-order valence-corrected chi connectivity index (χ3v) is 10.8. The van der Waals surface area contributed by atoms with Crippen molar-refractivity contribution in [2.45, 2.75) is 121 Å². The van der Waals surface area contributed by atoms with Gasteiger partial charge in [0.1, 0.15) is 42.9 Å². The van der Waals surface area contributed by atoms with Gasteiger partial charge in [0.25, 0.3) is 11.4 Å². The van der Waals surface area contributed by atoms with E-state index in [0.717, 1.165) is 41.5 Å². The first kappa shape index (κ1) is 57.2. The second kappa shape index (κ2) is 25.3. The number of esters is 3. The molecular formula is C37H52N8O22S. The molecule has 1 aromatic rings. The number of aliphatic hydroxyl groups is 1. The summed E-state index contributed by atoms with van der Waals surface area (Å²) in [5.41, 5.74) is -2.01. The molecule has 68 heavy (non-hydrogen) atoms. The average Bonchev–Trinajstić information content (AvgIpc) is 3.23. The zero-order valence-corrected chi connectivity index (χ0v) is 38.4. The second-order valence-corrected chi connectivity index (χ2v) is 16.9. The Balaban J connectivity index is 2.60. The number of nitro benzene ring substituents is 2. The Bertz CT molecular complexity index is 2230. The predicted octanol–water partition coefficient (Wildman–Crippen LogP) is -3.47. The van der Waals surface area contributed by atoms with Crippen LogP contribution in [0.5, 0.6) is 0 Å². The highest BCUT2D eigenvalue weighted by atomic mass is 32.2. The molecule has 0 aliphatic carbocycles. The Morgan fingerprint density at radius 1 is 0.794 bits per heavy atom. The third-order valence-electron chi connectivity index (χ3n) is 9.34. The van der Waals surface area contributed by atoms with Crippen molar-refractivity contribution in [3.05, 3.63) is 38.4 Å². The summed E-state index contributed by atoms with van der Waals surface area (Å²) in [5, 5.41) is 53.1. The van der Waals surface area contributed by atoms with Gasteiger partial charge in [-0.3, -0.25) is 63.4 Å². The van der Waals surface area contributed by atoms with Crippen LogP contribution in [0.4, 0.5) is 11.4 Å². The van der Waals surface area contributed by atoms with E-state index in [4.69, 9.17) is 23.7 Å². The Hall–Kier alpha value is -6.96. The molecule has 1 aliphatic heterocycles. The monoisotopic (exact) mass is 992 g/mol. The van der Waals surface area contributed by atoms with Crippen molar-refractivity contribution in [1.29, 1.82) is 0 Å². The van der Waals surface area contributed by atoms with Gasteiger partial charge in [-0.05, 0) is 25.8 Å². The zero-order valence-electron chi connectivity index (χ0n) is 37.6. The number of hydrogen-bond donors (Lipinski definition) is 8. The van der Waals surface area contributed by atoms with Gasteiger partial charge in [0, 0.05) is 33.8 Å². The molecule has 378 valence electrons. The fourth-order valence-corrected chi connectivity index (χ4v) is 7.29. The normalized spacial score (nSPS) is 20.1. The van der Waals surface area contributed by atoms with Gasteiger partial charge in [-0.15, -0.1) is 0 Å². The number of sulfonamides is 1. The van der Waals surface area contributed by atoms with Gasteiger partial charge < -0.3 is 60.5 Å². The lowest BCUT2D eigenvalue weighted by molar-refractivity contribution is -0.396. The first-order valence-corrected chi connectivity index (χ1v) is 21.5. The minimum absolute atomic E-state index is 0.385. The minimum atomic E-state index is -4.93. The van der Waals surface area contributed by atoms with Gasteiger partial charge in [-0.25, -0.2) is 13.1 Å². The topological polar surface area (TPSA) is 433 Å². The molecule has 2 rings (SSSR count). The number of carbonyl (C=O) groups excluding carboxylic acids is 8. The van der Waals surface area contributed by atoms with Crippen molar-refractivity contribution in [2.75, 3.05) is 19.8 Å². The summed E-state index contributed by atoms with van der Waals surface area (Å²) < 4.78 is 55.8. The van der Waals surface area contributed by atoms with Gasteiger partial charge in [0.05, 0.1) is 35.2 Å². The standard InChI is InChI=1S/C37H52N8O22S/c1-15(2)28(42-27(51)12-38-68(61,62)26-10-9-22(44(57)58)11-24(26)45(59)60)34(53)43-29(35(54)41-23(13-46)33(52)39-16(3)36(55)56)17(4)64-37-30(40-18(5)47)32(66-21(8)50)31(65-20(7)49)25(67-37)14-63-19(6)48/h9-11,15-17,23,25,28-32,37-38,46H,12-14H2,1-8H3,(H,39,52)(H,40,47)(H,41,54)(H,42,51)(H,43,53)(H,55,56)/t16-,17+,23-,25+,28-,29-,30+,31-,32+,37-/m0/s1. The average molecular weight is 993 g/mol. The van der Waals surface area contributed by atoms with Crippen LogP contribution in [0.2, 0.25) is 0 Å². The minimum Gasteiger partial charge on any atom is -0.480 e. The number of benzene rings is 1. The number of carboxylic acid groups (broad SMARTS) is 1. The first-order chi connectivity index (χ1) is 31.5. The number of aliphatic carboxylic acids is 1. The van der Waals surface area contributed by atoms with Crippen LogP contribution < -0.4 is 31.3 Å². The summed E-state index contributed by atoms with van der Waals surface area (Å²) in [6.07, 6.45) is -8.32. The van der Waals surface area contributed by atoms with E-state index in [-0.39, 0.29) is 0 Å². The van der Waals surface area contributed by atoms with E-state index in [9.17, 15) is 82.0 Å². The molecule has 1 saturated heterocycles. The number of hydrogen-bond acceptors (Lipinski definition) is 21. The molecule has 5 amide bonds. The smallest absolute Gasteiger partial charge is 0.325 e. The van der Waals surface area contributed by atoms with Gasteiger partial charge in [-0.1, -0.05) is 13.8 Å². The van der Waals surface area contributed by atoms with Crippen LogP contribution in [0.15, 0.2) is 23.1 Å². The van der Waals surface area contributed by atoms with Crippen LogP contribution in [0, 0.1) is 26.1 Å². The number of non-ortho nitro benzene ring substituents is 1. The lowest BCUT2D eigenvalue weighted by Crippen LogP contribution is -2.68. The molecule has 0 spiro atoms. The molecule has 0 bridgehead atoms. The van der Waals surface area contributed by atoms with E-state index < -0.39 is 176 Å². The Kier molecular flexibility index (Phi) is 21.2. The van der Waals surface area contributed by atoms with Crippen LogP contribution in [0.3, 0.4) is 0 Å². The van der Waals surface area contributed by atoms with Crippen LogP contribution in [0.25, 0.3) is 0 Å². The number of nitro groups is 2. The molecule has 31 heteroatoms. The van der Waals surface area contributed by atoms with Crippen molar-refractivity contribution in [2.24, 2.45) is 5.92 Å². The van der Waals surface area contributed by atoms with Crippen molar-refractivity contribution in [1.82, 2.24) is 31.3 Å². The largest absolute Gasteiger partial charge is 0.480 e. The Morgan fingerprint density at radius 2 is 1.38 bits per heavy atom. The number of ether oxygens (including phenoxy) is 5. The SMILES string of the molecule is CC(=O)N[C@H]1[C@@H](O[C@H](C)[C@H](NC(=O)[C@@H](NC(=O)CNS(=O)(=O)c2ccc([N+](=O)[O-])cc2[N+](=O)[O-])C(C)C)C(=O)N[C@@H](CO)C(=O)N[C@@H](C)C(=O)O)O[C@H](COC(C)=O)[C@H](OC(C)=O)[C@@H]1OC(C)=O. The third kappa shape index (κ3) is 16.7. The maximum atomic E-state index is 14.1. The van der Waals surface area contributed by atoms with E-state index in [1.54, 1.807) is 4.72 Å². The number of rotatable bonds is 24. The lowest BCUT2D eigenvalue weighted by atomic mass is 9.95. The molecule has 0 unspecified atom stereocenters. The molecule has 0 radical (unpaired) electrons. The number of nitrogens with one attached hydrogen (secondary N) is 6. The molecule has 0 aromatic heterocycles. The Labute approximate surface area is 386 Å². The fourth-order valence-electron chi connectivity index (χ4n) is 6.15. The summed E-state index contributed by atoms with van der Waals surface area (Å²) in [5.74, 6) is -10.9. The second-order valence-electron chi connectivity index (χ2n) is 15.1. The number of carboxylic acids is 1. The number of amides is 5.